The molecule has 0 aliphatic carbocycles. The Bertz CT molecular complexity index is 577. The van der Waals surface area contributed by atoms with Gasteiger partial charge in [-0.2, -0.15) is 0 Å². The summed E-state index contributed by atoms with van der Waals surface area (Å²) in [7, 11) is 0. The van der Waals surface area contributed by atoms with Crippen molar-refractivity contribution in [1.82, 2.24) is 4.73 Å². The molecule has 0 saturated carbocycles. The average molecular weight is 250 g/mol. The van der Waals surface area contributed by atoms with Crippen molar-refractivity contribution in [2.45, 2.75) is 13.8 Å². The Morgan fingerprint density at radius 2 is 2.17 bits per heavy atom. The predicted molar refractivity (Wildman–Crippen MR) is 63.7 cm³/mol. The Hall–Kier alpha value is -2.24. The number of hydrogen-bond acceptors (Lipinski definition) is 4. The lowest BCUT2D eigenvalue weighted by molar-refractivity contribution is -0.587. The summed E-state index contributed by atoms with van der Waals surface area (Å²) in [4.78, 5) is 16.5. The van der Waals surface area contributed by atoms with E-state index in [4.69, 9.17) is 9.57 Å². The van der Waals surface area contributed by atoms with E-state index in [0.717, 1.165) is 4.73 Å². The number of aromatic nitrogens is 2. The Morgan fingerprint density at radius 1 is 1.44 bits per heavy atom. The molecular formula is C12H14N2O4. The molecule has 2 aromatic rings. The van der Waals surface area contributed by atoms with Gasteiger partial charge in [0.1, 0.15) is 0 Å². The minimum atomic E-state index is -0.466. The second-order valence-electron chi connectivity index (χ2n) is 3.70. The van der Waals surface area contributed by atoms with Crippen LogP contribution in [0.25, 0.3) is 11.0 Å². The third kappa shape index (κ3) is 2.09. The summed E-state index contributed by atoms with van der Waals surface area (Å²) in [6.45, 7) is 3.42. The number of ether oxygens (including phenoxy) is 1. The first-order valence-corrected chi connectivity index (χ1v) is 5.63. The number of esters is 1. The van der Waals surface area contributed by atoms with Gasteiger partial charge in [0.2, 0.25) is 12.1 Å². The number of para-hydroxylation sites is 2. The minimum absolute atomic E-state index is 0.229. The van der Waals surface area contributed by atoms with E-state index in [2.05, 4.69) is 0 Å². The van der Waals surface area contributed by atoms with Crippen molar-refractivity contribution >= 4 is 17.0 Å². The predicted octanol–water partition coefficient (Wildman–Crippen LogP) is 0.575. The monoisotopic (exact) mass is 250 g/mol. The molecule has 0 radical (unpaired) electrons. The van der Waals surface area contributed by atoms with Gasteiger partial charge in [0.15, 0.2) is 5.52 Å². The van der Waals surface area contributed by atoms with Crippen molar-refractivity contribution in [3.63, 3.8) is 0 Å². The van der Waals surface area contributed by atoms with Crippen LogP contribution >= 0.6 is 0 Å². The summed E-state index contributed by atoms with van der Waals surface area (Å²) in [5, 5.41) is 11.8. The van der Waals surface area contributed by atoms with Gasteiger partial charge in [-0.05, 0) is 23.8 Å². The van der Waals surface area contributed by atoms with Crippen molar-refractivity contribution in [2.24, 2.45) is 0 Å². The first-order valence-electron chi connectivity index (χ1n) is 5.63. The molecule has 1 aromatic heterocycles. The van der Waals surface area contributed by atoms with Gasteiger partial charge in [-0.25, -0.2) is 9.52 Å². The fourth-order valence-electron chi connectivity index (χ4n) is 1.72. The topological polar surface area (TPSA) is 67.4 Å². The van der Waals surface area contributed by atoms with E-state index in [1.54, 1.807) is 38.1 Å². The Labute approximate surface area is 104 Å². The van der Waals surface area contributed by atoms with Crippen LogP contribution in [-0.2, 0) is 9.53 Å². The van der Waals surface area contributed by atoms with Crippen LogP contribution in [0.3, 0.4) is 0 Å². The van der Waals surface area contributed by atoms with Crippen LogP contribution in [0.4, 0.5) is 0 Å². The molecule has 0 aliphatic heterocycles. The van der Waals surface area contributed by atoms with Crippen molar-refractivity contribution in [2.75, 3.05) is 13.2 Å². The summed E-state index contributed by atoms with van der Waals surface area (Å²) in [6.07, 6.45) is 0. The Kier molecular flexibility index (Phi) is 3.36. The van der Waals surface area contributed by atoms with Gasteiger partial charge < -0.3 is 14.8 Å². The molecule has 0 atom stereocenters. The van der Waals surface area contributed by atoms with Gasteiger partial charge in [0, 0.05) is 6.92 Å². The molecule has 0 N–H and O–H groups in total. The van der Waals surface area contributed by atoms with E-state index in [-0.39, 0.29) is 6.61 Å². The van der Waals surface area contributed by atoms with Crippen LogP contribution in [0.1, 0.15) is 12.7 Å². The number of nitrogens with zero attached hydrogens (tertiary/aromatic N) is 2. The quantitative estimate of drug-likeness (QED) is 0.452. The molecule has 96 valence electrons. The van der Waals surface area contributed by atoms with Crippen LogP contribution in [0, 0.1) is 12.1 Å². The fourth-order valence-corrected chi connectivity index (χ4v) is 1.72. The smallest absolute Gasteiger partial charge is 0.349 e. The lowest BCUT2D eigenvalue weighted by atomic mass is 10.3. The van der Waals surface area contributed by atoms with Gasteiger partial charge in [-0.15, -0.1) is 0 Å². The third-order valence-corrected chi connectivity index (χ3v) is 2.52. The van der Waals surface area contributed by atoms with Crippen LogP contribution in [0.15, 0.2) is 24.3 Å². The molecule has 0 amide bonds. The second-order valence-corrected chi connectivity index (χ2v) is 3.70. The molecule has 1 aromatic carbocycles. The number of fused-ring (bicyclic) bond motifs is 1. The first-order chi connectivity index (χ1) is 8.65. The van der Waals surface area contributed by atoms with Crippen LogP contribution in [0.2, 0.25) is 0 Å². The van der Waals surface area contributed by atoms with E-state index in [9.17, 15) is 10.0 Å². The summed E-state index contributed by atoms with van der Waals surface area (Å²) in [6, 6.07) is 7.01. The lowest BCUT2D eigenvalue weighted by Gasteiger charge is -2.03. The van der Waals surface area contributed by atoms with Crippen molar-refractivity contribution in [1.29, 1.82) is 0 Å². The molecular weight excluding hydrogens is 236 g/mol. The van der Waals surface area contributed by atoms with Crippen LogP contribution in [-0.4, -0.2) is 23.9 Å². The van der Waals surface area contributed by atoms with Crippen molar-refractivity contribution in [3.05, 3.63) is 35.3 Å². The molecule has 18 heavy (non-hydrogen) atoms. The summed E-state index contributed by atoms with van der Waals surface area (Å²) >= 11 is 0. The van der Waals surface area contributed by atoms with E-state index in [1.807, 2.05) is 0 Å². The number of imidazole rings is 1. The summed E-state index contributed by atoms with van der Waals surface area (Å²) in [5.41, 5.74) is 1.12. The second kappa shape index (κ2) is 4.95. The van der Waals surface area contributed by atoms with Gasteiger partial charge in [-0.3, -0.25) is 0 Å². The maximum atomic E-state index is 11.8. The number of hydrogen-bond donors (Lipinski definition) is 0. The molecule has 2 rings (SSSR count). The Morgan fingerprint density at radius 3 is 2.89 bits per heavy atom. The first kappa shape index (κ1) is 12.2. The lowest BCUT2D eigenvalue weighted by Crippen LogP contribution is -2.31. The maximum Gasteiger partial charge on any atom is 0.349 e. The average Bonchev–Trinajstić information content (AvgIpc) is 2.61. The zero-order valence-corrected chi connectivity index (χ0v) is 10.3. The molecule has 0 aliphatic rings. The van der Waals surface area contributed by atoms with E-state index in [1.165, 1.54) is 4.73 Å². The zero-order chi connectivity index (χ0) is 13.1. The fraction of sp³-hybridized carbons (Fsp3) is 0.333. The largest absolute Gasteiger partial charge is 0.710 e. The van der Waals surface area contributed by atoms with Crippen molar-refractivity contribution in [3.8, 4) is 0 Å². The normalized spacial score (nSPS) is 10.6. The number of benzene rings is 1. The van der Waals surface area contributed by atoms with E-state index < -0.39 is 5.97 Å². The minimum Gasteiger partial charge on any atom is -0.710 e. The number of rotatable bonds is 4. The molecule has 0 fully saturated rings. The maximum absolute atomic E-state index is 11.8. The molecule has 1 heterocycles. The highest BCUT2D eigenvalue weighted by Crippen LogP contribution is 2.11. The molecule has 0 saturated heterocycles. The molecule has 6 nitrogen and oxygen atoms in total. The molecule has 0 bridgehead atoms. The van der Waals surface area contributed by atoms with Gasteiger partial charge in [-0.1, -0.05) is 12.1 Å². The number of carbonyl (C=O) groups is 1. The summed E-state index contributed by atoms with van der Waals surface area (Å²) < 4.78 is 6.87. The van der Waals surface area contributed by atoms with Gasteiger partial charge in [0.25, 0.3) is 5.82 Å². The molecule has 0 unspecified atom stereocenters. The molecule has 6 heteroatoms. The van der Waals surface area contributed by atoms with Crippen molar-refractivity contribution < 1.29 is 19.1 Å². The SMILES string of the molecule is CCOC(=O)COn1c(C)[n+]([O-])c2ccccc21. The van der Waals surface area contributed by atoms with Crippen LogP contribution in [0.5, 0.6) is 0 Å². The zero-order valence-electron chi connectivity index (χ0n) is 10.3. The highest BCUT2D eigenvalue weighted by atomic mass is 16.7. The highest BCUT2D eigenvalue weighted by molar-refractivity contribution is 5.73. The Balaban J connectivity index is 2.28. The molecule has 0 spiro atoms. The van der Waals surface area contributed by atoms with E-state index >= 15 is 0 Å². The summed E-state index contributed by atoms with van der Waals surface area (Å²) in [5.74, 6) is -0.104. The van der Waals surface area contributed by atoms with E-state index in [0.29, 0.717) is 23.5 Å². The standard InChI is InChI=1S/C12H14N2O4/c1-3-17-12(15)8-18-14-9(2)13(16)10-6-4-5-7-11(10)14/h4-7H,3,8H2,1-2H3. The van der Waals surface area contributed by atoms with Crippen LogP contribution < -0.4 is 9.57 Å². The highest BCUT2D eigenvalue weighted by Gasteiger charge is 2.19. The van der Waals surface area contributed by atoms with Gasteiger partial charge in [0.05, 0.1) is 6.61 Å². The van der Waals surface area contributed by atoms with Gasteiger partial charge >= 0.3 is 5.97 Å². The third-order valence-electron chi connectivity index (χ3n) is 2.52. The number of carbonyl (C=O) groups excluding carboxylic acids is 1.